The van der Waals surface area contributed by atoms with Gasteiger partial charge in [-0.15, -0.1) is 0 Å². The number of amides is 1. The van der Waals surface area contributed by atoms with Gasteiger partial charge in [-0.05, 0) is 35.2 Å². The first-order chi connectivity index (χ1) is 12.5. The first-order valence-corrected chi connectivity index (χ1v) is 8.64. The molecule has 4 rings (SSSR count). The molecule has 26 heavy (non-hydrogen) atoms. The van der Waals surface area contributed by atoms with E-state index in [4.69, 9.17) is 4.74 Å². The molecule has 1 aliphatic heterocycles. The Kier molecular flexibility index (Phi) is 3.83. The number of benzene rings is 2. The number of nitrogens with zero attached hydrogens (tertiary/aromatic N) is 2. The molecular formula is C20H21N3O3. The van der Waals surface area contributed by atoms with E-state index in [0.29, 0.717) is 18.7 Å². The second-order valence-corrected chi connectivity index (χ2v) is 6.97. The lowest BCUT2D eigenvalue weighted by Crippen LogP contribution is -2.25. The largest absolute Gasteiger partial charge is 0.507 e. The smallest absolute Gasteiger partial charge is 0.258 e. The number of H-pyrrole nitrogens is 1. The highest BCUT2D eigenvalue weighted by Gasteiger charge is 2.27. The molecule has 0 spiro atoms. The standard InChI is InChI=1S/C20H21N3O3/c1-11(2)19-15-7-16(18(24)8-17(15)21-22-19)20(25)23-9-12-4-5-14(26-3)6-13(12)10-23/h4-8,11,24H,9-10H2,1-3H3,(H,21,22). The monoisotopic (exact) mass is 351 g/mol. The van der Waals surface area contributed by atoms with Crippen molar-refractivity contribution in [2.45, 2.75) is 32.9 Å². The number of hydrogen-bond acceptors (Lipinski definition) is 4. The van der Waals surface area contributed by atoms with Crippen LogP contribution < -0.4 is 4.74 Å². The van der Waals surface area contributed by atoms with Crippen LogP contribution in [0.5, 0.6) is 11.5 Å². The zero-order chi connectivity index (χ0) is 18.4. The molecule has 0 saturated heterocycles. The van der Waals surface area contributed by atoms with Gasteiger partial charge in [0.15, 0.2) is 0 Å². The van der Waals surface area contributed by atoms with Crippen molar-refractivity contribution in [1.29, 1.82) is 0 Å². The van der Waals surface area contributed by atoms with Crippen molar-refractivity contribution in [2.75, 3.05) is 7.11 Å². The summed E-state index contributed by atoms with van der Waals surface area (Å²) in [4.78, 5) is 14.8. The second-order valence-electron chi connectivity index (χ2n) is 6.97. The summed E-state index contributed by atoms with van der Waals surface area (Å²) in [6, 6.07) is 9.16. The highest BCUT2D eigenvalue weighted by Crippen LogP contribution is 2.32. The number of aromatic nitrogens is 2. The molecule has 1 amide bonds. The third-order valence-electron chi connectivity index (χ3n) is 4.91. The number of carbonyl (C=O) groups excluding carboxylic acids is 1. The van der Waals surface area contributed by atoms with Crippen LogP contribution in [-0.4, -0.2) is 33.2 Å². The summed E-state index contributed by atoms with van der Waals surface area (Å²) in [7, 11) is 1.63. The molecule has 0 radical (unpaired) electrons. The van der Waals surface area contributed by atoms with E-state index in [1.54, 1.807) is 24.1 Å². The van der Waals surface area contributed by atoms with Gasteiger partial charge in [-0.2, -0.15) is 5.10 Å². The third kappa shape index (κ3) is 2.58. The molecule has 6 nitrogen and oxygen atoms in total. The summed E-state index contributed by atoms with van der Waals surface area (Å²) in [5.74, 6) is 0.785. The van der Waals surface area contributed by atoms with Crippen molar-refractivity contribution in [1.82, 2.24) is 15.1 Å². The molecule has 134 valence electrons. The lowest BCUT2D eigenvalue weighted by atomic mass is 10.0. The highest BCUT2D eigenvalue weighted by molar-refractivity contribution is 6.01. The van der Waals surface area contributed by atoms with Crippen molar-refractivity contribution in [3.05, 3.63) is 52.7 Å². The minimum atomic E-state index is -0.185. The van der Waals surface area contributed by atoms with Crippen LogP contribution in [0.2, 0.25) is 0 Å². The van der Waals surface area contributed by atoms with Gasteiger partial charge in [-0.25, -0.2) is 0 Å². The minimum Gasteiger partial charge on any atom is -0.507 e. The van der Waals surface area contributed by atoms with Crippen molar-refractivity contribution < 1.29 is 14.6 Å². The van der Waals surface area contributed by atoms with Crippen LogP contribution in [0, 0.1) is 0 Å². The van der Waals surface area contributed by atoms with Crippen molar-refractivity contribution >= 4 is 16.8 Å². The number of fused-ring (bicyclic) bond motifs is 2. The van der Waals surface area contributed by atoms with E-state index in [1.165, 1.54) is 0 Å². The van der Waals surface area contributed by atoms with Gasteiger partial charge in [0.05, 0.1) is 23.9 Å². The predicted molar refractivity (Wildman–Crippen MR) is 98.4 cm³/mol. The van der Waals surface area contributed by atoms with Gasteiger partial charge < -0.3 is 14.7 Å². The van der Waals surface area contributed by atoms with E-state index in [2.05, 4.69) is 24.0 Å². The fraction of sp³-hybridized carbons (Fsp3) is 0.300. The van der Waals surface area contributed by atoms with Gasteiger partial charge >= 0.3 is 0 Å². The number of ether oxygens (including phenoxy) is 1. The Morgan fingerprint density at radius 2 is 2.00 bits per heavy atom. The molecular weight excluding hydrogens is 330 g/mol. The van der Waals surface area contributed by atoms with Gasteiger partial charge in [0.1, 0.15) is 11.5 Å². The molecule has 0 bridgehead atoms. The fourth-order valence-corrected chi connectivity index (χ4v) is 3.50. The van der Waals surface area contributed by atoms with Crippen LogP contribution in [0.4, 0.5) is 0 Å². The number of phenols is 1. The summed E-state index contributed by atoms with van der Waals surface area (Å²) in [6.45, 7) is 5.13. The number of aromatic hydroxyl groups is 1. The number of nitrogens with one attached hydrogen (secondary N) is 1. The SMILES string of the molecule is COc1ccc2c(c1)CN(C(=O)c1cc3c(C(C)C)n[nH]c3cc1O)C2. The Balaban J connectivity index is 1.68. The Bertz CT molecular complexity index is 1010. The summed E-state index contributed by atoms with van der Waals surface area (Å²) >= 11 is 0. The molecule has 0 saturated carbocycles. The fourth-order valence-electron chi connectivity index (χ4n) is 3.50. The van der Waals surface area contributed by atoms with Crippen molar-refractivity contribution in [3.63, 3.8) is 0 Å². The molecule has 0 fully saturated rings. The van der Waals surface area contributed by atoms with Gasteiger partial charge in [0.2, 0.25) is 0 Å². The Labute approximate surface area is 151 Å². The van der Waals surface area contributed by atoms with E-state index in [-0.39, 0.29) is 17.6 Å². The molecule has 1 aliphatic rings. The predicted octanol–water partition coefficient (Wildman–Crippen LogP) is 3.56. The van der Waals surface area contributed by atoms with Crippen LogP contribution >= 0.6 is 0 Å². The van der Waals surface area contributed by atoms with Crippen molar-refractivity contribution in [3.8, 4) is 11.5 Å². The molecule has 2 heterocycles. The number of phenolic OH excluding ortho intramolecular Hbond substituents is 1. The zero-order valence-electron chi connectivity index (χ0n) is 15.0. The maximum Gasteiger partial charge on any atom is 0.258 e. The lowest BCUT2D eigenvalue weighted by molar-refractivity contribution is 0.0748. The Hall–Kier alpha value is -3.02. The summed E-state index contributed by atoms with van der Waals surface area (Å²) in [5, 5.41) is 18.5. The summed E-state index contributed by atoms with van der Waals surface area (Å²) in [5.41, 5.74) is 4.11. The van der Waals surface area contributed by atoms with Crippen molar-refractivity contribution in [2.24, 2.45) is 0 Å². The van der Waals surface area contributed by atoms with Crippen LogP contribution in [0.1, 0.15) is 46.9 Å². The molecule has 3 aromatic rings. The molecule has 0 aliphatic carbocycles. The van der Waals surface area contributed by atoms with E-state index >= 15 is 0 Å². The van der Waals surface area contributed by atoms with Crippen LogP contribution in [-0.2, 0) is 13.1 Å². The number of aromatic amines is 1. The van der Waals surface area contributed by atoms with Gasteiger partial charge in [-0.3, -0.25) is 9.89 Å². The van der Waals surface area contributed by atoms with E-state index in [9.17, 15) is 9.90 Å². The Morgan fingerprint density at radius 3 is 2.73 bits per heavy atom. The van der Waals surface area contributed by atoms with Gasteiger partial charge in [0.25, 0.3) is 5.91 Å². The van der Waals surface area contributed by atoms with Crippen LogP contribution in [0.25, 0.3) is 10.9 Å². The molecule has 0 unspecified atom stereocenters. The molecule has 0 atom stereocenters. The summed E-state index contributed by atoms with van der Waals surface area (Å²) in [6.07, 6.45) is 0. The highest BCUT2D eigenvalue weighted by atomic mass is 16.5. The van der Waals surface area contributed by atoms with E-state index in [0.717, 1.165) is 33.5 Å². The number of rotatable bonds is 3. The zero-order valence-corrected chi connectivity index (χ0v) is 15.0. The number of methoxy groups -OCH3 is 1. The average Bonchev–Trinajstić information content (AvgIpc) is 3.23. The van der Waals surface area contributed by atoms with E-state index in [1.807, 2.05) is 18.2 Å². The van der Waals surface area contributed by atoms with Gasteiger partial charge in [-0.1, -0.05) is 19.9 Å². The molecule has 1 aromatic heterocycles. The number of hydrogen-bond donors (Lipinski definition) is 2. The third-order valence-corrected chi connectivity index (χ3v) is 4.91. The number of carbonyl (C=O) groups is 1. The normalized spacial score (nSPS) is 13.5. The molecule has 2 N–H and O–H groups in total. The van der Waals surface area contributed by atoms with Crippen LogP contribution in [0.3, 0.4) is 0 Å². The average molecular weight is 351 g/mol. The molecule has 6 heteroatoms. The topological polar surface area (TPSA) is 78.5 Å². The maximum absolute atomic E-state index is 13.0. The lowest BCUT2D eigenvalue weighted by Gasteiger charge is -2.16. The van der Waals surface area contributed by atoms with Crippen LogP contribution in [0.15, 0.2) is 30.3 Å². The minimum absolute atomic E-state index is 0.0324. The summed E-state index contributed by atoms with van der Waals surface area (Å²) < 4.78 is 5.26. The Morgan fingerprint density at radius 1 is 1.23 bits per heavy atom. The quantitative estimate of drug-likeness (QED) is 0.756. The second kappa shape index (κ2) is 6.05. The first kappa shape index (κ1) is 16.4. The van der Waals surface area contributed by atoms with Gasteiger partial charge in [0, 0.05) is 24.5 Å². The first-order valence-electron chi connectivity index (χ1n) is 8.64. The molecule has 2 aromatic carbocycles. The van der Waals surface area contributed by atoms with E-state index < -0.39 is 0 Å². The maximum atomic E-state index is 13.0.